The van der Waals surface area contributed by atoms with Crippen molar-refractivity contribution in [1.82, 2.24) is 0 Å². The Bertz CT molecular complexity index is 273. The smallest absolute Gasteiger partial charge is 0.124 e. The van der Waals surface area contributed by atoms with E-state index < -0.39 is 0 Å². The summed E-state index contributed by atoms with van der Waals surface area (Å²) in [6.45, 7) is 5.37. The number of rotatable bonds is 3. The largest absolute Gasteiger partial charge is 0.488 e. The summed E-state index contributed by atoms with van der Waals surface area (Å²) in [7, 11) is 0. The fraction of sp³-hybridized carbons (Fsp3) is 0.417. The second kappa shape index (κ2) is 4.47. The summed E-state index contributed by atoms with van der Waals surface area (Å²) >= 11 is 0. The summed E-state index contributed by atoms with van der Waals surface area (Å²) in [6, 6.07) is 8.11. The lowest BCUT2D eigenvalue weighted by molar-refractivity contribution is 0.141. The molecule has 2 rings (SSSR count). The van der Waals surface area contributed by atoms with Gasteiger partial charge in [-0.15, -0.1) is 0 Å². The van der Waals surface area contributed by atoms with Gasteiger partial charge in [-0.25, -0.2) is 0 Å². The molecule has 14 heavy (non-hydrogen) atoms. The van der Waals surface area contributed by atoms with Crippen molar-refractivity contribution in [2.24, 2.45) is 0 Å². The molecule has 2 heteroatoms. The van der Waals surface area contributed by atoms with Crippen LogP contribution in [-0.4, -0.2) is 19.3 Å². The molecule has 1 atom stereocenters. The number of hydrogen-bond acceptors (Lipinski definition) is 2. The quantitative estimate of drug-likeness (QED) is 0.729. The third-order valence-corrected chi connectivity index (χ3v) is 2.40. The lowest BCUT2D eigenvalue weighted by Gasteiger charge is -2.11. The van der Waals surface area contributed by atoms with Crippen molar-refractivity contribution in [3.05, 3.63) is 36.8 Å². The van der Waals surface area contributed by atoms with Crippen molar-refractivity contribution < 1.29 is 9.47 Å². The average molecular weight is 191 g/mol. The van der Waals surface area contributed by atoms with Crippen LogP contribution in [0.4, 0.5) is 0 Å². The van der Waals surface area contributed by atoms with Crippen molar-refractivity contribution in [2.75, 3.05) is 13.2 Å². The van der Waals surface area contributed by atoms with E-state index in [1.165, 1.54) is 5.56 Å². The van der Waals surface area contributed by atoms with Crippen molar-refractivity contribution in [3.63, 3.8) is 0 Å². The predicted octanol–water partition coefficient (Wildman–Crippen LogP) is 2.23. The van der Waals surface area contributed by atoms with Crippen LogP contribution >= 0.6 is 0 Å². The predicted molar refractivity (Wildman–Crippen MR) is 55.4 cm³/mol. The highest BCUT2D eigenvalue weighted by atomic mass is 16.5. The molecule has 1 fully saturated rings. The SMILES string of the molecule is [CH2]Cc1ccc(OC2CCOC2)cc1. The third-order valence-electron chi connectivity index (χ3n) is 2.40. The van der Waals surface area contributed by atoms with Gasteiger partial charge >= 0.3 is 0 Å². The first-order valence-electron chi connectivity index (χ1n) is 5.01. The monoisotopic (exact) mass is 191 g/mol. The Hall–Kier alpha value is -1.02. The van der Waals surface area contributed by atoms with Gasteiger partial charge in [-0.05, 0) is 31.0 Å². The Kier molecular flexibility index (Phi) is 3.04. The van der Waals surface area contributed by atoms with Gasteiger partial charge in [-0.2, -0.15) is 0 Å². The minimum atomic E-state index is 0.237. The highest BCUT2D eigenvalue weighted by Gasteiger charge is 2.16. The van der Waals surface area contributed by atoms with Crippen LogP contribution in [0, 0.1) is 6.92 Å². The summed E-state index contributed by atoms with van der Waals surface area (Å²) in [6.07, 6.45) is 2.06. The third kappa shape index (κ3) is 2.26. The van der Waals surface area contributed by atoms with Gasteiger partial charge in [0.25, 0.3) is 0 Å². The maximum atomic E-state index is 5.73. The lowest BCUT2D eigenvalue weighted by Crippen LogP contribution is -2.15. The van der Waals surface area contributed by atoms with Crippen molar-refractivity contribution in [3.8, 4) is 5.75 Å². The van der Waals surface area contributed by atoms with Gasteiger partial charge in [-0.3, -0.25) is 0 Å². The molecule has 0 amide bonds. The first kappa shape index (κ1) is 9.53. The van der Waals surface area contributed by atoms with Crippen LogP contribution in [0.15, 0.2) is 24.3 Å². The molecule has 0 N–H and O–H groups in total. The Labute approximate surface area is 84.8 Å². The number of benzene rings is 1. The zero-order chi connectivity index (χ0) is 9.80. The van der Waals surface area contributed by atoms with Gasteiger partial charge in [-0.1, -0.05) is 12.1 Å². The van der Waals surface area contributed by atoms with E-state index in [2.05, 4.69) is 19.1 Å². The summed E-state index contributed by atoms with van der Waals surface area (Å²) in [5.74, 6) is 0.928. The lowest BCUT2D eigenvalue weighted by atomic mass is 10.2. The number of ether oxygens (including phenoxy) is 2. The van der Waals surface area contributed by atoms with Gasteiger partial charge in [0.2, 0.25) is 0 Å². The van der Waals surface area contributed by atoms with Gasteiger partial charge in [0.15, 0.2) is 0 Å². The van der Waals surface area contributed by atoms with E-state index >= 15 is 0 Å². The van der Waals surface area contributed by atoms with Gasteiger partial charge in [0.05, 0.1) is 13.2 Å². The Morgan fingerprint density at radius 3 is 2.71 bits per heavy atom. The first-order valence-corrected chi connectivity index (χ1v) is 5.01. The molecule has 0 aliphatic carbocycles. The molecular weight excluding hydrogens is 176 g/mol. The molecule has 0 spiro atoms. The van der Waals surface area contributed by atoms with Crippen molar-refractivity contribution in [2.45, 2.75) is 18.9 Å². The second-order valence-electron chi connectivity index (χ2n) is 3.50. The molecule has 1 aliphatic rings. The van der Waals surface area contributed by atoms with E-state index in [1.54, 1.807) is 0 Å². The standard InChI is InChI=1S/C12H15O2/c1-2-10-3-5-11(6-4-10)14-12-7-8-13-9-12/h3-6,12H,1-2,7-9H2. The number of hydrogen-bond donors (Lipinski definition) is 0. The Morgan fingerprint density at radius 1 is 1.36 bits per heavy atom. The van der Waals surface area contributed by atoms with Crippen LogP contribution < -0.4 is 4.74 Å². The minimum Gasteiger partial charge on any atom is -0.488 e. The molecule has 0 bridgehead atoms. The molecule has 1 aliphatic heterocycles. The molecule has 1 aromatic carbocycles. The van der Waals surface area contributed by atoms with E-state index in [-0.39, 0.29) is 6.10 Å². The molecule has 1 unspecified atom stereocenters. The van der Waals surface area contributed by atoms with Gasteiger partial charge < -0.3 is 9.47 Å². The maximum absolute atomic E-state index is 5.73. The van der Waals surface area contributed by atoms with Crippen LogP contribution in [0.3, 0.4) is 0 Å². The Morgan fingerprint density at radius 2 is 2.14 bits per heavy atom. The maximum Gasteiger partial charge on any atom is 0.124 e. The van der Waals surface area contributed by atoms with Crippen molar-refractivity contribution >= 4 is 0 Å². The second-order valence-corrected chi connectivity index (χ2v) is 3.50. The molecule has 75 valence electrons. The van der Waals surface area contributed by atoms with E-state index in [1.807, 2.05) is 12.1 Å². The van der Waals surface area contributed by atoms with Gasteiger partial charge in [0, 0.05) is 6.42 Å². The molecular formula is C12H15O2. The average Bonchev–Trinajstić information content (AvgIpc) is 2.72. The molecule has 1 saturated heterocycles. The highest BCUT2D eigenvalue weighted by Crippen LogP contribution is 2.17. The fourth-order valence-electron chi connectivity index (χ4n) is 1.53. The van der Waals surface area contributed by atoms with Crippen LogP contribution in [0.5, 0.6) is 5.75 Å². The minimum absolute atomic E-state index is 0.237. The first-order chi connectivity index (χ1) is 6.88. The Balaban J connectivity index is 1.95. The topological polar surface area (TPSA) is 18.5 Å². The van der Waals surface area contributed by atoms with Crippen molar-refractivity contribution in [1.29, 1.82) is 0 Å². The van der Waals surface area contributed by atoms with Gasteiger partial charge in [0.1, 0.15) is 11.9 Å². The van der Waals surface area contributed by atoms with Crippen LogP contribution in [-0.2, 0) is 11.2 Å². The van der Waals surface area contributed by atoms with E-state index in [0.717, 1.165) is 31.8 Å². The van der Waals surface area contributed by atoms with Crippen LogP contribution in [0.25, 0.3) is 0 Å². The normalized spacial score (nSPS) is 21.1. The molecule has 2 nitrogen and oxygen atoms in total. The van der Waals surface area contributed by atoms with Crippen LogP contribution in [0.1, 0.15) is 12.0 Å². The summed E-state index contributed by atoms with van der Waals surface area (Å²) in [5, 5.41) is 0. The van der Waals surface area contributed by atoms with E-state index in [4.69, 9.17) is 9.47 Å². The molecule has 1 heterocycles. The van der Waals surface area contributed by atoms with E-state index in [9.17, 15) is 0 Å². The van der Waals surface area contributed by atoms with Crippen LogP contribution in [0.2, 0.25) is 0 Å². The fourth-order valence-corrected chi connectivity index (χ4v) is 1.53. The summed E-state index contributed by atoms with van der Waals surface area (Å²) in [4.78, 5) is 0. The molecule has 1 radical (unpaired) electrons. The zero-order valence-electron chi connectivity index (χ0n) is 8.24. The highest BCUT2D eigenvalue weighted by molar-refractivity contribution is 5.27. The molecule has 0 aromatic heterocycles. The molecule has 1 aromatic rings. The zero-order valence-corrected chi connectivity index (χ0v) is 8.24. The summed E-state index contributed by atoms with van der Waals surface area (Å²) < 4.78 is 11.0. The van der Waals surface area contributed by atoms with E-state index in [0.29, 0.717) is 0 Å². The molecule has 0 saturated carbocycles. The summed E-state index contributed by atoms with van der Waals surface area (Å²) in [5.41, 5.74) is 1.24.